The lowest BCUT2D eigenvalue weighted by Gasteiger charge is -2.11. The molecule has 1 amide bonds. The van der Waals surface area contributed by atoms with Gasteiger partial charge in [-0.1, -0.05) is 5.57 Å². The third-order valence-electron chi connectivity index (χ3n) is 1.87. The average molecular weight is 249 g/mol. The Morgan fingerprint density at radius 1 is 1.33 bits per heavy atom. The second-order valence-corrected chi connectivity index (χ2v) is 3.86. The van der Waals surface area contributed by atoms with Crippen molar-refractivity contribution >= 4 is 17.8 Å². The fourth-order valence-corrected chi connectivity index (χ4v) is 1.07. The standard InChI is InChI=1S/C12H15N3O3/c1-8(2)7-10(16)18-9(3)11(17)15-12-13-5-4-6-14-12/h4-7,9H,1-3H3,(H,13,14,15,17)/t9-/m0/s1. The molecular formula is C12H15N3O3. The summed E-state index contributed by atoms with van der Waals surface area (Å²) in [6, 6.07) is 1.63. The summed E-state index contributed by atoms with van der Waals surface area (Å²) in [5.41, 5.74) is 0.805. The molecule has 0 aromatic carbocycles. The minimum Gasteiger partial charge on any atom is -0.449 e. The third-order valence-corrected chi connectivity index (χ3v) is 1.87. The molecule has 6 heteroatoms. The molecule has 0 saturated heterocycles. The third kappa shape index (κ3) is 4.73. The molecule has 96 valence electrons. The molecular weight excluding hydrogens is 234 g/mol. The van der Waals surface area contributed by atoms with Gasteiger partial charge < -0.3 is 4.74 Å². The SMILES string of the molecule is CC(C)=CC(=O)O[C@@H](C)C(=O)Nc1ncccn1. The van der Waals surface area contributed by atoms with Crippen LogP contribution in [0.25, 0.3) is 0 Å². The Labute approximate surface area is 105 Å². The van der Waals surface area contributed by atoms with Crippen LogP contribution in [0.1, 0.15) is 20.8 Å². The van der Waals surface area contributed by atoms with Crippen molar-refractivity contribution in [3.05, 3.63) is 30.1 Å². The highest BCUT2D eigenvalue weighted by Crippen LogP contribution is 2.00. The number of amides is 1. The van der Waals surface area contributed by atoms with E-state index < -0.39 is 18.0 Å². The highest BCUT2D eigenvalue weighted by molar-refractivity contribution is 5.94. The molecule has 1 aromatic heterocycles. The zero-order chi connectivity index (χ0) is 13.5. The molecule has 1 N–H and O–H groups in total. The molecule has 0 radical (unpaired) electrons. The summed E-state index contributed by atoms with van der Waals surface area (Å²) in [5, 5.41) is 2.44. The van der Waals surface area contributed by atoms with E-state index in [2.05, 4.69) is 15.3 Å². The van der Waals surface area contributed by atoms with Crippen molar-refractivity contribution in [3.8, 4) is 0 Å². The van der Waals surface area contributed by atoms with Crippen LogP contribution in [0.5, 0.6) is 0 Å². The zero-order valence-electron chi connectivity index (χ0n) is 10.5. The fourth-order valence-electron chi connectivity index (χ4n) is 1.07. The lowest BCUT2D eigenvalue weighted by Crippen LogP contribution is -2.30. The van der Waals surface area contributed by atoms with Crippen LogP contribution in [0.2, 0.25) is 0 Å². The summed E-state index contributed by atoms with van der Waals surface area (Å²) >= 11 is 0. The highest BCUT2D eigenvalue weighted by Gasteiger charge is 2.17. The number of allylic oxidation sites excluding steroid dienone is 1. The number of ether oxygens (including phenoxy) is 1. The molecule has 0 aliphatic heterocycles. The van der Waals surface area contributed by atoms with Crippen molar-refractivity contribution in [2.45, 2.75) is 26.9 Å². The van der Waals surface area contributed by atoms with Gasteiger partial charge in [-0.2, -0.15) is 0 Å². The van der Waals surface area contributed by atoms with Crippen LogP contribution in [0.4, 0.5) is 5.95 Å². The van der Waals surface area contributed by atoms with E-state index in [4.69, 9.17) is 4.74 Å². The predicted octanol–water partition coefficient (Wildman–Crippen LogP) is 1.31. The number of aromatic nitrogens is 2. The van der Waals surface area contributed by atoms with E-state index in [-0.39, 0.29) is 5.95 Å². The molecule has 0 bridgehead atoms. The number of rotatable bonds is 4. The maximum absolute atomic E-state index is 11.6. The van der Waals surface area contributed by atoms with Crippen LogP contribution in [0.3, 0.4) is 0 Å². The van der Waals surface area contributed by atoms with Gasteiger partial charge in [-0.25, -0.2) is 14.8 Å². The predicted molar refractivity (Wildman–Crippen MR) is 65.6 cm³/mol. The first-order chi connectivity index (χ1) is 8.49. The number of carbonyl (C=O) groups excluding carboxylic acids is 2. The van der Waals surface area contributed by atoms with Crippen molar-refractivity contribution in [1.29, 1.82) is 0 Å². The zero-order valence-corrected chi connectivity index (χ0v) is 10.5. The van der Waals surface area contributed by atoms with Gasteiger partial charge in [0.25, 0.3) is 5.91 Å². The van der Waals surface area contributed by atoms with E-state index >= 15 is 0 Å². The quantitative estimate of drug-likeness (QED) is 0.642. The monoisotopic (exact) mass is 249 g/mol. The van der Waals surface area contributed by atoms with Gasteiger partial charge in [0.15, 0.2) is 6.10 Å². The highest BCUT2D eigenvalue weighted by atomic mass is 16.5. The Morgan fingerprint density at radius 2 is 1.94 bits per heavy atom. The van der Waals surface area contributed by atoms with E-state index in [1.54, 1.807) is 19.9 Å². The van der Waals surface area contributed by atoms with Crippen molar-refractivity contribution in [3.63, 3.8) is 0 Å². The molecule has 1 atom stereocenters. The molecule has 0 aliphatic carbocycles. The molecule has 0 aliphatic rings. The minimum atomic E-state index is -0.906. The number of hydrogen-bond acceptors (Lipinski definition) is 5. The first-order valence-electron chi connectivity index (χ1n) is 5.42. The van der Waals surface area contributed by atoms with E-state index in [0.29, 0.717) is 0 Å². The maximum Gasteiger partial charge on any atom is 0.331 e. The molecule has 1 rings (SSSR count). The molecule has 0 unspecified atom stereocenters. The number of carbonyl (C=O) groups is 2. The Balaban J connectivity index is 2.52. The number of esters is 1. The van der Waals surface area contributed by atoms with Crippen LogP contribution in [-0.4, -0.2) is 27.9 Å². The van der Waals surface area contributed by atoms with Crippen molar-refractivity contribution < 1.29 is 14.3 Å². The summed E-state index contributed by atoms with van der Waals surface area (Å²) in [5.74, 6) is -0.851. The summed E-state index contributed by atoms with van der Waals surface area (Å²) in [6.07, 6.45) is 3.42. The largest absolute Gasteiger partial charge is 0.449 e. The lowest BCUT2D eigenvalue weighted by molar-refractivity contribution is -0.148. The second kappa shape index (κ2) is 6.48. The number of hydrogen-bond donors (Lipinski definition) is 1. The fraction of sp³-hybridized carbons (Fsp3) is 0.333. The Hall–Kier alpha value is -2.24. The van der Waals surface area contributed by atoms with Gasteiger partial charge in [0.1, 0.15) is 0 Å². The number of nitrogens with zero attached hydrogens (tertiary/aromatic N) is 2. The molecule has 1 aromatic rings. The Kier molecular flexibility index (Phi) is 4.98. The Bertz CT molecular complexity index is 453. The van der Waals surface area contributed by atoms with Crippen molar-refractivity contribution in [1.82, 2.24) is 9.97 Å². The molecule has 1 heterocycles. The topological polar surface area (TPSA) is 81.2 Å². The summed E-state index contributed by atoms with van der Waals surface area (Å²) in [7, 11) is 0. The minimum absolute atomic E-state index is 0.174. The van der Waals surface area contributed by atoms with Gasteiger partial charge in [-0.05, 0) is 26.8 Å². The second-order valence-electron chi connectivity index (χ2n) is 3.86. The van der Waals surface area contributed by atoms with Crippen molar-refractivity contribution in [2.24, 2.45) is 0 Å². The van der Waals surface area contributed by atoms with Gasteiger partial charge in [-0.3, -0.25) is 10.1 Å². The average Bonchev–Trinajstić information content (AvgIpc) is 2.28. The first-order valence-corrected chi connectivity index (χ1v) is 5.42. The molecule has 0 fully saturated rings. The first kappa shape index (κ1) is 13.8. The maximum atomic E-state index is 11.6. The van der Waals surface area contributed by atoms with Gasteiger partial charge in [0.05, 0.1) is 0 Å². The molecule has 6 nitrogen and oxygen atoms in total. The van der Waals surface area contributed by atoms with E-state index in [1.807, 2.05) is 0 Å². The van der Waals surface area contributed by atoms with Crippen LogP contribution in [-0.2, 0) is 14.3 Å². The van der Waals surface area contributed by atoms with Crippen LogP contribution >= 0.6 is 0 Å². The van der Waals surface area contributed by atoms with E-state index in [1.165, 1.54) is 25.4 Å². The van der Waals surface area contributed by atoms with Crippen LogP contribution < -0.4 is 5.32 Å². The summed E-state index contributed by atoms with van der Waals surface area (Å²) < 4.78 is 4.91. The van der Waals surface area contributed by atoms with E-state index in [9.17, 15) is 9.59 Å². The summed E-state index contributed by atoms with van der Waals surface area (Å²) in [4.78, 5) is 30.6. The van der Waals surface area contributed by atoms with Gasteiger partial charge in [0, 0.05) is 18.5 Å². The smallest absolute Gasteiger partial charge is 0.331 e. The summed E-state index contributed by atoms with van der Waals surface area (Å²) in [6.45, 7) is 5.02. The molecule has 18 heavy (non-hydrogen) atoms. The molecule has 0 spiro atoms. The van der Waals surface area contributed by atoms with Crippen LogP contribution in [0.15, 0.2) is 30.1 Å². The van der Waals surface area contributed by atoms with Gasteiger partial charge >= 0.3 is 5.97 Å². The van der Waals surface area contributed by atoms with Crippen LogP contribution in [0, 0.1) is 0 Å². The normalized spacial score (nSPS) is 11.3. The number of anilines is 1. The molecule has 0 saturated carbocycles. The van der Waals surface area contributed by atoms with Crippen molar-refractivity contribution in [2.75, 3.05) is 5.32 Å². The lowest BCUT2D eigenvalue weighted by atomic mass is 10.3. The number of nitrogens with one attached hydrogen (secondary N) is 1. The van der Waals surface area contributed by atoms with Gasteiger partial charge in [-0.15, -0.1) is 0 Å². The van der Waals surface area contributed by atoms with Gasteiger partial charge in [0.2, 0.25) is 5.95 Å². The Morgan fingerprint density at radius 3 is 2.50 bits per heavy atom. The van der Waals surface area contributed by atoms with E-state index in [0.717, 1.165) is 5.57 Å².